The number of anilines is 1. The third-order valence-corrected chi connectivity index (χ3v) is 3.17. The molecular weight excluding hydrogens is 244 g/mol. The molecule has 2 rings (SSSR count). The first-order valence-corrected chi connectivity index (χ1v) is 6.29. The molecule has 0 fully saturated rings. The first-order valence-electron chi connectivity index (χ1n) is 5.91. The molecule has 2 aromatic rings. The highest BCUT2D eigenvalue weighted by Gasteiger charge is 2.04. The molecule has 0 aliphatic rings. The Labute approximate surface area is 113 Å². The van der Waals surface area contributed by atoms with Crippen molar-refractivity contribution in [3.8, 4) is 0 Å². The lowest BCUT2D eigenvalue weighted by Crippen LogP contribution is -2.17. The Morgan fingerprint density at radius 1 is 1.06 bits per heavy atom. The van der Waals surface area contributed by atoms with E-state index in [0.29, 0.717) is 0 Å². The molecule has 0 unspecified atom stereocenters. The average molecular weight is 261 g/mol. The fraction of sp³-hybridized carbons (Fsp3) is 0.200. The van der Waals surface area contributed by atoms with Gasteiger partial charge in [0.2, 0.25) is 0 Å². The normalized spacial score (nSPS) is 10.8. The summed E-state index contributed by atoms with van der Waals surface area (Å²) >= 11 is 6.15. The lowest BCUT2D eigenvalue weighted by molar-refractivity contribution is 0.319. The highest BCUT2D eigenvalue weighted by Crippen LogP contribution is 2.17. The van der Waals surface area contributed by atoms with Crippen LogP contribution in [0.1, 0.15) is 11.1 Å². The number of halogens is 1. The molecule has 2 nitrogen and oxygen atoms in total. The van der Waals surface area contributed by atoms with Gasteiger partial charge in [0, 0.05) is 23.8 Å². The van der Waals surface area contributed by atoms with Crippen LogP contribution in [0.4, 0.5) is 5.69 Å². The molecule has 0 saturated heterocycles. The van der Waals surface area contributed by atoms with Crippen LogP contribution in [0.2, 0.25) is 5.02 Å². The van der Waals surface area contributed by atoms with E-state index < -0.39 is 0 Å². The molecule has 0 saturated carbocycles. The highest BCUT2D eigenvalue weighted by atomic mass is 35.5. The minimum atomic E-state index is 0.804. The van der Waals surface area contributed by atoms with Crippen LogP contribution in [0, 0.1) is 0 Å². The van der Waals surface area contributed by atoms with Crippen molar-refractivity contribution in [3.05, 3.63) is 64.7 Å². The third-order valence-electron chi connectivity index (χ3n) is 2.80. The zero-order valence-corrected chi connectivity index (χ0v) is 11.2. The van der Waals surface area contributed by atoms with Crippen LogP contribution in [0.25, 0.3) is 0 Å². The minimum Gasteiger partial charge on any atom is -0.399 e. The number of nitrogens with zero attached hydrogens (tertiary/aromatic N) is 1. The van der Waals surface area contributed by atoms with Gasteiger partial charge in [-0.1, -0.05) is 41.9 Å². The first kappa shape index (κ1) is 12.9. The highest BCUT2D eigenvalue weighted by molar-refractivity contribution is 6.31. The van der Waals surface area contributed by atoms with Crippen molar-refractivity contribution in [2.24, 2.45) is 0 Å². The number of benzene rings is 2. The average Bonchev–Trinajstić information content (AvgIpc) is 2.32. The zero-order chi connectivity index (χ0) is 13.0. The van der Waals surface area contributed by atoms with Crippen molar-refractivity contribution in [1.82, 2.24) is 4.90 Å². The Hall–Kier alpha value is -1.51. The quantitative estimate of drug-likeness (QED) is 0.852. The fourth-order valence-electron chi connectivity index (χ4n) is 1.98. The molecule has 2 N–H and O–H groups in total. The topological polar surface area (TPSA) is 29.3 Å². The van der Waals surface area contributed by atoms with Gasteiger partial charge in [0.05, 0.1) is 0 Å². The molecule has 0 aliphatic heterocycles. The van der Waals surface area contributed by atoms with Gasteiger partial charge < -0.3 is 5.73 Å². The van der Waals surface area contributed by atoms with Gasteiger partial charge in [0.1, 0.15) is 0 Å². The molecule has 0 aliphatic carbocycles. The molecule has 18 heavy (non-hydrogen) atoms. The maximum atomic E-state index is 6.15. The van der Waals surface area contributed by atoms with E-state index in [9.17, 15) is 0 Å². The lowest BCUT2D eigenvalue weighted by atomic mass is 10.1. The molecule has 94 valence electrons. The number of hydrogen-bond acceptors (Lipinski definition) is 2. The van der Waals surface area contributed by atoms with Gasteiger partial charge in [-0.25, -0.2) is 0 Å². The van der Waals surface area contributed by atoms with Crippen LogP contribution in [0.5, 0.6) is 0 Å². The summed E-state index contributed by atoms with van der Waals surface area (Å²) in [4.78, 5) is 2.22. The first-order chi connectivity index (χ1) is 8.65. The minimum absolute atomic E-state index is 0.804. The standard InChI is InChI=1S/C15H17ClN2/c1-18(10-12-5-4-7-14(17)9-12)11-13-6-2-3-8-15(13)16/h2-9H,10-11,17H2,1H3. The maximum Gasteiger partial charge on any atom is 0.0451 e. The van der Waals surface area contributed by atoms with Gasteiger partial charge in [-0.2, -0.15) is 0 Å². The lowest BCUT2D eigenvalue weighted by Gasteiger charge is -2.17. The van der Waals surface area contributed by atoms with E-state index in [1.54, 1.807) is 0 Å². The number of hydrogen-bond donors (Lipinski definition) is 1. The van der Waals surface area contributed by atoms with E-state index in [1.165, 1.54) is 5.56 Å². The maximum absolute atomic E-state index is 6.15. The monoisotopic (exact) mass is 260 g/mol. The Morgan fingerprint density at radius 2 is 1.83 bits per heavy atom. The van der Waals surface area contributed by atoms with Gasteiger partial charge in [-0.15, -0.1) is 0 Å². The molecule has 0 spiro atoms. The summed E-state index contributed by atoms with van der Waals surface area (Å²) in [6.07, 6.45) is 0. The summed E-state index contributed by atoms with van der Waals surface area (Å²) in [5.41, 5.74) is 8.93. The second-order valence-electron chi connectivity index (χ2n) is 4.51. The van der Waals surface area contributed by atoms with Crippen molar-refractivity contribution < 1.29 is 0 Å². The third kappa shape index (κ3) is 3.49. The molecule has 0 amide bonds. The summed E-state index contributed by atoms with van der Waals surface area (Å²) in [5.74, 6) is 0. The van der Waals surface area contributed by atoms with E-state index in [1.807, 2.05) is 36.4 Å². The van der Waals surface area contributed by atoms with Crippen LogP contribution in [-0.4, -0.2) is 11.9 Å². The van der Waals surface area contributed by atoms with Gasteiger partial charge in [-0.3, -0.25) is 4.90 Å². The summed E-state index contributed by atoms with van der Waals surface area (Å²) < 4.78 is 0. The fourth-order valence-corrected chi connectivity index (χ4v) is 2.17. The summed E-state index contributed by atoms with van der Waals surface area (Å²) in [6, 6.07) is 15.9. The smallest absolute Gasteiger partial charge is 0.0451 e. The van der Waals surface area contributed by atoms with E-state index in [2.05, 4.69) is 24.1 Å². The summed E-state index contributed by atoms with van der Waals surface area (Å²) in [5, 5.41) is 0.817. The Bertz CT molecular complexity index is 525. The van der Waals surface area contributed by atoms with Crippen LogP contribution in [0.15, 0.2) is 48.5 Å². The molecule has 0 atom stereocenters. The Balaban J connectivity index is 2.01. The van der Waals surface area contributed by atoms with Gasteiger partial charge in [-0.05, 0) is 36.4 Å². The Morgan fingerprint density at radius 3 is 2.56 bits per heavy atom. The Kier molecular flexibility index (Phi) is 4.24. The van der Waals surface area contributed by atoms with E-state index in [0.717, 1.165) is 29.4 Å². The molecule has 2 aromatic carbocycles. The molecule has 0 bridgehead atoms. The van der Waals surface area contributed by atoms with Crippen LogP contribution in [0.3, 0.4) is 0 Å². The van der Waals surface area contributed by atoms with E-state index >= 15 is 0 Å². The summed E-state index contributed by atoms with van der Waals surface area (Å²) in [6.45, 7) is 1.69. The molecule has 3 heteroatoms. The largest absolute Gasteiger partial charge is 0.399 e. The second kappa shape index (κ2) is 5.89. The second-order valence-corrected chi connectivity index (χ2v) is 4.92. The van der Waals surface area contributed by atoms with Crippen molar-refractivity contribution in [2.45, 2.75) is 13.1 Å². The number of nitrogens with two attached hydrogens (primary N) is 1. The van der Waals surface area contributed by atoms with Crippen molar-refractivity contribution in [3.63, 3.8) is 0 Å². The van der Waals surface area contributed by atoms with Gasteiger partial charge in [0.25, 0.3) is 0 Å². The van der Waals surface area contributed by atoms with Crippen molar-refractivity contribution in [2.75, 3.05) is 12.8 Å². The predicted molar refractivity (Wildman–Crippen MR) is 77.5 cm³/mol. The van der Waals surface area contributed by atoms with Crippen LogP contribution in [-0.2, 0) is 13.1 Å². The van der Waals surface area contributed by atoms with E-state index in [-0.39, 0.29) is 0 Å². The van der Waals surface area contributed by atoms with Gasteiger partial charge in [0.15, 0.2) is 0 Å². The van der Waals surface area contributed by atoms with Crippen LogP contribution < -0.4 is 5.73 Å². The molecular formula is C15H17ClN2. The number of rotatable bonds is 4. The van der Waals surface area contributed by atoms with Crippen molar-refractivity contribution in [1.29, 1.82) is 0 Å². The zero-order valence-electron chi connectivity index (χ0n) is 10.4. The molecule has 0 radical (unpaired) electrons. The van der Waals surface area contributed by atoms with E-state index in [4.69, 9.17) is 17.3 Å². The number of nitrogen functional groups attached to an aromatic ring is 1. The SMILES string of the molecule is CN(Cc1cccc(N)c1)Cc1ccccc1Cl. The molecule has 0 aromatic heterocycles. The van der Waals surface area contributed by atoms with Gasteiger partial charge >= 0.3 is 0 Å². The summed E-state index contributed by atoms with van der Waals surface area (Å²) in [7, 11) is 2.08. The predicted octanol–water partition coefficient (Wildman–Crippen LogP) is 3.55. The van der Waals surface area contributed by atoms with Crippen molar-refractivity contribution >= 4 is 17.3 Å². The van der Waals surface area contributed by atoms with Crippen LogP contribution >= 0.6 is 11.6 Å². The molecule has 0 heterocycles.